The van der Waals surface area contributed by atoms with Crippen molar-refractivity contribution in [1.29, 1.82) is 0 Å². The Balaban J connectivity index is 0.00000144. The van der Waals surface area contributed by atoms with E-state index >= 15 is 0 Å². The maximum Gasteiger partial charge on any atom is 0.0650 e. The summed E-state index contributed by atoms with van der Waals surface area (Å²) >= 11 is 0. The van der Waals surface area contributed by atoms with Crippen LogP contribution in [0, 0.1) is 6.92 Å². The smallest absolute Gasteiger partial charge is 0.0650 e. The molecular formula is C10H16ClNO. The number of aliphatic hydroxyl groups excluding tert-OH is 1. The topological polar surface area (TPSA) is 46.2 Å². The van der Waals surface area contributed by atoms with Crippen LogP contribution in [0.15, 0.2) is 24.3 Å². The van der Waals surface area contributed by atoms with E-state index in [1.54, 1.807) is 0 Å². The lowest BCUT2D eigenvalue weighted by molar-refractivity contribution is 0.210. The van der Waals surface area contributed by atoms with E-state index < -0.39 is 5.54 Å². The molecule has 0 saturated carbocycles. The first-order valence-electron chi connectivity index (χ1n) is 4.03. The Kier molecular flexibility index (Phi) is 4.40. The number of nitrogens with two attached hydrogens (primary N) is 1. The van der Waals surface area contributed by atoms with Gasteiger partial charge in [0, 0.05) is 0 Å². The number of aryl methyl sites for hydroxylation is 1. The summed E-state index contributed by atoms with van der Waals surface area (Å²) in [7, 11) is 0. The highest BCUT2D eigenvalue weighted by molar-refractivity contribution is 5.85. The molecule has 0 amide bonds. The fourth-order valence-electron chi connectivity index (χ4n) is 1.09. The van der Waals surface area contributed by atoms with E-state index in [1.807, 2.05) is 38.1 Å². The molecule has 0 spiro atoms. The lowest BCUT2D eigenvalue weighted by Crippen LogP contribution is -2.36. The molecule has 0 bridgehead atoms. The van der Waals surface area contributed by atoms with Crippen LogP contribution in [0.5, 0.6) is 0 Å². The first-order valence-corrected chi connectivity index (χ1v) is 4.03. The maximum atomic E-state index is 9.01. The summed E-state index contributed by atoms with van der Waals surface area (Å²) in [5, 5.41) is 9.01. The minimum absolute atomic E-state index is 0. The fourth-order valence-corrected chi connectivity index (χ4v) is 1.09. The largest absolute Gasteiger partial charge is 0.394 e. The number of aliphatic hydroxyl groups is 1. The van der Waals surface area contributed by atoms with Crippen LogP contribution in [0.1, 0.15) is 18.1 Å². The monoisotopic (exact) mass is 201 g/mol. The highest BCUT2D eigenvalue weighted by Crippen LogP contribution is 2.17. The number of benzene rings is 1. The van der Waals surface area contributed by atoms with Crippen molar-refractivity contribution >= 4 is 12.4 Å². The first kappa shape index (κ1) is 12.4. The Morgan fingerprint density at radius 1 is 1.46 bits per heavy atom. The molecule has 0 heterocycles. The van der Waals surface area contributed by atoms with Gasteiger partial charge in [0.2, 0.25) is 0 Å². The van der Waals surface area contributed by atoms with Crippen molar-refractivity contribution < 1.29 is 5.11 Å². The normalized spacial score (nSPS) is 14.5. The second-order valence-electron chi connectivity index (χ2n) is 3.45. The molecule has 1 atom stereocenters. The van der Waals surface area contributed by atoms with Gasteiger partial charge in [0.05, 0.1) is 12.1 Å². The van der Waals surface area contributed by atoms with E-state index in [1.165, 1.54) is 0 Å². The number of rotatable bonds is 2. The zero-order valence-electron chi connectivity index (χ0n) is 7.95. The van der Waals surface area contributed by atoms with E-state index in [-0.39, 0.29) is 19.0 Å². The summed E-state index contributed by atoms with van der Waals surface area (Å²) in [6, 6.07) is 7.89. The Bertz CT molecular complexity index is 273. The number of halogens is 1. The SMILES string of the molecule is Cc1cccc([C@@](C)(N)CO)c1.Cl. The van der Waals surface area contributed by atoms with Gasteiger partial charge in [-0.1, -0.05) is 29.8 Å². The van der Waals surface area contributed by atoms with Crippen molar-refractivity contribution in [2.75, 3.05) is 6.61 Å². The van der Waals surface area contributed by atoms with Crippen molar-refractivity contribution in [1.82, 2.24) is 0 Å². The summed E-state index contributed by atoms with van der Waals surface area (Å²) in [6.07, 6.45) is 0. The molecular weight excluding hydrogens is 186 g/mol. The van der Waals surface area contributed by atoms with Crippen LogP contribution in [-0.4, -0.2) is 11.7 Å². The Morgan fingerprint density at radius 3 is 2.54 bits per heavy atom. The van der Waals surface area contributed by atoms with Gasteiger partial charge in [-0.05, 0) is 19.4 Å². The lowest BCUT2D eigenvalue weighted by Gasteiger charge is -2.22. The number of hydrogen-bond acceptors (Lipinski definition) is 2. The maximum absolute atomic E-state index is 9.01. The van der Waals surface area contributed by atoms with Gasteiger partial charge >= 0.3 is 0 Å². The molecule has 1 aromatic rings. The van der Waals surface area contributed by atoms with E-state index in [4.69, 9.17) is 10.8 Å². The van der Waals surface area contributed by atoms with Crippen LogP contribution in [0.4, 0.5) is 0 Å². The van der Waals surface area contributed by atoms with Crippen LogP contribution in [-0.2, 0) is 5.54 Å². The average molecular weight is 202 g/mol. The second-order valence-corrected chi connectivity index (χ2v) is 3.45. The average Bonchev–Trinajstić information content (AvgIpc) is 2.05. The van der Waals surface area contributed by atoms with E-state index in [2.05, 4.69) is 0 Å². The van der Waals surface area contributed by atoms with E-state index in [9.17, 15) is 0 Å². The molecule has 3 heteroatoms. The summed E-state index contributed by atoms with van der Waals surface area (Å²) < 4.78 is 0. The molecule has 1 aromatic carbocycles. The first-order chi connectivity index (χ1) is 5.56. The molecule has 0 aliphatic carbocycles. The highest BCUT2D eigenvalue weighted by atomic mass is 35.5. The Labute approximate surface area is 85.2 Å². The zero-order valence-corrected chi connectivity index (χ0v) is 8.77. The molecule has 0 radical (unpaired) electrons. The van der Waals surface area contributed by atoms with Gasteiger partial charge in [-0.15, -0.1) is 12.4 Å². The minimum atomic E-state index is -0.619. The molecule has 2 nitrogen and oxygen atoms in total. The van der Waals surface area contributed by atoms with Gasteiger partial charge in [-0.3, -0.25) is 0 Å². The minimum Gasteiger partial charge on any atom is -0.394 e. The molecule has 0 aliphatic rings. The van der Waals surface area contributed by atoms with Gasteiger partial charge in [-0.2, -0.15) is 0 Å². The third kappa shape index (κ3) is 2.99. The summed E-state index contributed by atoms with van der Waals surface area (Å²) in [5.41, 5.74) is 7.38. The Morgan fingerprint density at radius 2 is 2.08 bits per heavy atom. The quantitative estimate of drug-likeness (QED) is 0.764. The van der Waals surface area contributed by atoms with E-state index in [0.717, 1.165) is 11.1 Å². The second kappa shape index (κ2) is 4.61. The zero-order chi connectivity index (χ0) is 9.19. The molecule has 3 N–H and O–H groups in total. The van der Waals surface area contributed by atoms with Gasteiger partial charge in [0.1, 0.15) is 0 Å². The third-order valence-electron chi connectivity index (χ3n) is 2.01. The molecule has 0 unspecified atom stereocenters. The van der Waals surface area contributed by atoms with Crippen molar-refractivity contribution in [3.8, 4) is 0 Å². The van der Waals surface area contributed by atoms with Crippen LogP contribution in [0.2, 0.25) is 0 Å². The standard InChI is InChI=1S/C10H15NO.ClH/c1-8-4-3-5-9(6-8)10(2,11)7-12;/h3-6,12H,7,11H2,1-2H3;1H/t10-;/m0./s1. The van der Waals surface area contributed by atoms with Crippen LogP contribution in [0.3, 0.4) is 0 Å². The van der Waals surface area contributed by atoms with Gasteiger partial charge < -0.3 is 10.8 Å². The number of hydrogen-bond donors (Lipinski definition) is 2. The summed E-state index contributed by atoms with van der Waals surface area (Å²) in [6.45, 7) is 3.80. The fraction of sp³-hybridized carbons (Fsp3) is 0.400. The molecule has 0 saturated heterocycles. The summed E-state index contributed by atoms with van der Waals surface area (Å²) in [4.78, 5) is 0. The molecule has 13 heavy (non-hydrogen) atoms. The van der Waals surface area contributed by atoms with Gasteiger partial charge in [0.15, 0.2) is 0 Å². The molecule has 0 aliphatic heterocycles. The van der Waals surface area contributed by atoms with Crippen LogP contribution in [0.25, 0.3) is 0 Å². The van der Waals surface area contributed by atoms with E-state index in [0.29, 0.717) is 0 Å². The Hall–Kier alpha value is -0.570. The van der Waals surface area contributed by atoms with Gasteiger partial charge in [0.25, 0.3) is 0 Å². The predicted molar refractivity (Wildman–Crippen MR) is 57.1 cm³/mol. The third-order valence-corrected chi connectivity index (χ3v) is 2.01. The van der Waals surface area contributed by atoms with Crippen LogP contribution >= 0.6 is 12.4 Å². The molecule has 74 valence electrons. The lowest BCUT2D eigenvalue weighted by atomic mass is 9.93. The predicted octanol–water partition coefficient (Wildman–Crippen LogP) is 1.58. The summed E-state index contributed by atoms with van der Waals surface area (Å²) in [5.74, 6) is 0. The van der Waals surface area contributed by atoms with Crippen molar-refractivity contribution in [3.63, 3.8) is 0 Å². The van der Waals surface area contributed by atoms with Crippen molar-refractivity contribution in [2.45, 2.75) is 19.4 Å². The molecule has 1 rings (SSSR count). The van der Waals surface area contributed by atoms with Crippen molar-refractivity contribution in [2.24, 2.45) is 5.73 Å². The van der Waals surface area contributed by atoms with Crippen LogP contribution < -0.4 is 5.73 Å². The molecule has 0 fully saturated rings. The van der Waals surface area contributed by atoms with Gasteiger partial charge in [-0.25, -0.2) is 0 Å². The molecule has 0 aromatic heterocycles. The van der Waals surface area contributed by atoms with Crippen molar-refractivity contribution in [3.05, 3.63) is 35.4 Å². The highest BCUT2D eigenvalue weighted by Gasteiger charge is 2.19.